The van der Waals surface area contributed by atoms with Crippen LogP contribution in [-0.2, 0) is 0 Å². The highest BCUT2D eigenvalue weighted by atomic mass is 35.5. The van der Waals surface area contributed by atoms with Gasteiger partial charge in [0.15, 0.2) is 0 Å². The summed E-state index contributed by atoms with van der Waals surface area (Å²) in [6.45, 7) is 1.66. The van der Waals surface area contributed by atoms with E-state index in [4.69, 9.17) is 16.3 Å². The third-order valence-corrected chi connectivity index (χ3v) is 4.45. The molecule has 1 N–H and O–H groups in total. The highest BCUT2D eigenvalue weighted by Gasteiger charge is 2.28. The number of halogens is 2. The smallest absolute Gasteiger partial charge is 0.254 e. The molecule has 1 atom stereocenters. The normalized spacial score (nSPS) is 16.4. The first kappa shape index (κ1) is 19.6. The minimum Gasteiger partial charge on any atom is -0.457 e. The van der Waals surface area contributed by atoms with Crippen molar-refractivity contribution < 1.29 is 9.53 Å². The van der Waals surface area contributed by atoms with Crippen molar-refractivity contribution in [1.82, 2.24) is 10.2 Å². The lowest BCUT2D eigenvalue weighted by Gasteiger charge is -2.24. The number of hydrogen-bond donors (Lipinski definition) is 1. The monoisotopic (exact) mass is 380 g/mol. The molecule has 1 aliphatic rings. The molecule has 3 rings (SSSR count). The minimum atomic E-state index is 0. The molecule has 1 saturated heterocycles. The van der Waals surface area contributed by atoms with Crippen LogP contribution in [-0.4, -0.2) is 37.0 Å². The summed E-state index contributed by atoms with van der Waals surface area (Å²) in [5.41, 5.74) is 0.691. The van der Waals surface area contributed by atoms with Crippen LogP contribution in [0.25, 0.3) is 0 Å². The number of amides is 1. The van der Waals surface area contributed by atoms with Gasteiger partial charge in [-0.15, -0.1) is 12.4 Å². The predicted octanol–water partition coefficient (Wildman–Crippen LogP) is 4.38. The van der Waals surface area contributed by atoms with Crippen molar-refractivity contribution in [2.45, 2.75) is 18.9 Å². The highest BCUT2D eigenvalue weighted by Crippen LogP contribution is 2.25. The number of hydrogen-bond acceptors (Lipinski definition) is 3. The van der Waals surface area contributed by atoms with Gasteiger partial charge in [-0.2, -0.15) is 0 Å². The molecule has 4 nitrogen and oxygen atoms in total. The van der Waals surface area contributed by atoms with Gasteiger partial charge in [0.05, 0.1) is 0 Å². The summed E-state index contributed by atoms with van der Waals surface area (Å²) < 4.78 is 5.76. The maximum atomic E-state index is 12.7. The number of carbonyl (C=O) groups excluding carboxylic acids is 1. The second-order valence-electron chi connectivity index (χ2n) is 5.94. The lowest BCUT2D eigenvalue weighted by molar-refractivity contribution is 0.0737. The van der Waals surface area contributed by atoms with E-state index in [9.17, 15) is 4.79 Å². The summed E-state index contributed by atoms with van der Waals surface area (Å²) in [6, 6.07) is 14.8. The summed E-state index contributed by atoms with van der Waals surface area (Å²) in [4.78, 5) is 14.6. The molecule has 1 amide bonds. The van der Waals surface area contributed by atoms with Gasteiger partial charge in [0.1, 0.15) is 11.5 Å². The molecule has 0 aliphatic carbocycles. The Morgan fingerprint density at radius 1 is 1.24 bits per heavy atom. The first-order valence-electron chi connectivity index (χ1n) is 8.16. The van der Waals surface area contributed by atoms with Gasteiger partial charge in [-0.05, 0) is 62.4 Å². The predicted molar refractivity (Wildman–Crippen MR) is 103 cm³/mol. The summed E-state index contributed by atoms with van der Waals surface area (Å²) in [5.74, 6) is 1.44. The van der Waals surface area contributed by atoms with Gasteiger partial charge in [0, 0.05) is 29.7 Å². The van der Waals surface area contributed by atoms with E-state index >= 15 is 0 Å². The van der Waals surface area contributed by atoms with Crippen LogP contribution in [0.15, 0.2) is 48.5 Å². The Hall–Kier alpha value is -1.75. The molecule has 0 aromatic heterocycles. The van der Waals surface area contributed by atoms with E-state index < -0.39 is 0 Å². The lowest BCUT2D eigenvalue weighted by atomic mass is 10.1. The van der Waals surface area contributed by atoms with Crippen LogP contribution in [0.1, 0.15) is 23.2 Å². The summed E-state index contributed by atoms with van der Waals surface area (Å²) in [6.07, 6.45) is 2.12. The van der Waals surface area contributed by atoms with Crippen LogP contribution in [0.3, 0.4) is 0 Å². The summed E-state index contributed by atoms with van der Waals surface area (Å²) in [7, 11) is 1.92. The average molecular weight is 381 g/mol. The fraction of sp³-hybridized carbons (Fsp3) is 0.316. The van der Waals surface area contributed by atoms with Crippen molar-refractivity contribution in [3.8, 4) is 11.5 Å². The molecule has 0 bridgehead atoms. The summed E-state index contributed by atoms with van der Waals surface area (Å²) >= 11 is 5.95. The van der Waals surface area contributed by atoms with Crippen molar-refractivity contribution in [3.63, 3.8) is 0 Å². The minimum absolute atomic E-state index is 0. The maximum Gasteiger partial charge on any atom is 0.254 e. The van der Waals surface area contributed by atoms with E-state index in [1.165, 1.54) is 0 Å². The Morgan fingerprint density at radius 2 is 2.00 bits per heavy atom. The molecule has 1 fully saturated rings. The van der Waals surface area contributed by atoms with Crippen LogP contribution in [0.4, 0.5) is 0 Å². The van der Waals surface area contributed by atoms with Crippen LogP contribution in [0.5, 0.6) is 11.5 Å². The zero-order chi connectivity index (χ0) is 16.9. The molecule has 1 aliphatic heterocycles. The van der Waals surface area contributed by atoms with Gasteiger partial charge in [0.2, 0.25) is 0 Å². The van der Waals surface area contributed by atoms with E-state index in [-0.39, 0.29) is 24.4 Å². The van der Waals surface area contributed by atoms with Crippen molar-refractivity contribution in [2.24, 2.45) is 0 Å². The van der Waals surface area contributed by atoms with Crippen molar-refractivity contribution in [3.05, 3.63) is 59.1 Å². The third kappa shape index (κ3) is 4.88. The van der Waals surface area contributed by atoms with Crippen LogP contribution in [0.2, 0.25) is 5.02 Å². The number of likely N-dealkylation sites (tertiary alicyclic amines) is 1. The van der Waals surface area contributed by atoms with Gasteiger partial charge >= 0.3 is 0 Å². The Balaban J connectivity index is 0.00000225. The highest BCUT2D eigenvalue weighted by molar-refractivity contribution is 6.30. The van der Waals surface area contributed by atoms with Crippen LogP contribution >= 0.6 is 24.0 Å². The SMILES string of the molecule is CNCC1CCCN1C(=O)c1ccc(Oc2cccc(Cl)c2)cc1.Cl. The quantitative estimate of drug-likeness (QED) is 0.836. The number of nitrogens with one attached hydrogen (secondary N) is 1. The molecule has 134 valence electrons. The molecule has 2 aromatic rings. The van der Waals surface area contributed by atoms with Crippen molar-refractivity contribution >= 4 is 29.9 Å². The van der Waals surface area contributed by atoms with Gasteiger partial charge < -0.3 is 15.0 Å². The number of ether oxygens (including phenoxy) is 1. The van der Waals surface area contributed by atoms with Gasteiger partial charge in [-0.3, -0.25) is 4.79 Å². The first-order valence-corrected chi connectivity index (χ1v) is 8.54. The largest absolute Gasteiger partial charge is 0.457 e. The van der Waals surface area contributed by atoms with Crippen molar-refractivity contribution in [2.75, 3.05) is 20.1 Å². The van der Waals surface area contributed by atoms with E-state index in [1.807, 2.05) is 48.3 Å². The van der Waals surface area contributed by atoms with E-state index in [0.29, 0.717) is 22.1 Å². The second kappa shape index (κ2) is 9.09. The van der Waals surface area contributed by atoms with Crippen LogP contribution in [0, 0.1) is 0 Å². The molecular formula is C19H22Cl2N2O2. The number of nitrogens with zero attached hydrogens (tertiary/aromatic N) is 1. The van der Waals surface area contributed by atoms with Gasteiger partial charge in [0.25, 0.3) is 5.91 Å². The Bertz CT molecular complexity index is 707. The van der Waals surface area contributed by atoms with Crippen LogP contribution < -0.4 is 10.1 Å². The Kier molecular flexibility index (Phi) is 7.12. The molecule has 0 saturated carbocycles. The zero-order valence-electron chi connectivity index (χ0n) is 14.1. The van der Waals surface area contributed by atoms with Gasteiger partial charge in [-0.1, -0.05) is 17.7 Å². The average Bonchev–Trinajstić information content (AvgIpc) is 3.04. The lowest BCUT2D eigenvalue weighted by Crippen LogP contribution is -2.40. The fourth-order valence-corrected chi connectivity index (χ4v) is 3.23. The summed E-state index contributed by atoms with van der Waals surface area (Å²) in [5, 5.41) is 3.79. The van der Waals surface area contributed by atoms with E-state index in [0.717, 1.165) is 25.9 Å². The molecule has 1 unspecified atom stereocenters. The topological polar surface area (TPSA) is 41.6 Å². The fourth-order valence-electron chi connectivity index (χ4n) is 3.05. The molecule has 1 heterocycles. The zero-order valence-corrected chi connectivity index (χ0v) is 15.6. The van der Waals surface area contributed by atoms with E-state index in [1.54, 1.807) is 12.1 Å². The molecule has 0 radical (unpaired) electrons. The molecule has 0 spiro atoms. The standard InChI is InChI=1S/C19H21ClN2O2.ClH/c1-21-13-16-5-3-11-22(16)19(23)14-7-9-17(10-8-14)24-18-6-2-4-15(20)12-18;/h2,4,6-10,12,16,21H,3,5,11,13H2,1H3;1H. The number of rotatable bonds is 5. The molecular weight excluding hydrogens is 359 g/mol. The number of benzene rings is 2. The number of carbonyl (C=O) groups is 1. The first-order chi connectivity index (χ1) is 11.7. The Morgan fingerprint density at radius 3 is 2.68 bits per heavy atom. The Labute approximate surface area is 159 Å². The number of likely N-dealkylation sites (N-methyl/N-ethyl adjacent to an activating group) is 1. The molecule has 25 heavy (non-hydrogen) atoms. The third-order valence-electron chi connectivity index (χ3n) is 4.21. The van der Waals surface area contributed by atoms with Gasteiger partial charge in [-0.25, -0.2) is 0 Å². The maximum absolute atomic E-state index is 12.7. The van der Waals surface area contributed by atoms with Crippen molar-refractivity contribution in [1.29, 1.82) is 0 Å². The second-order valence-corrected chi connectivity index (χ2v) is 6.37. The molecule has 2 aromatic carbocycles. The van der Waals surface area contributed by atoms with E-state index in [2.05, 4.69) is 5.32 Å². The molecule has 6 heteroatoms.